The number of pyridine rings is 1. The Morgan fingerprint density at radius 2 is 1.56 bits per heavy atom. The van der Waals surface area contributed by atoms with Gasteiger partial charge in [-0.1, -0.05) is 0 Å². The molecule has 6 nitrogen and oxygen atoms in total. The van der Waals surface area contributed by atoms with Crippen molar-refractivity contribution in [2.45, 2.75) is 18.4 Å². The molecule has 0 bridgehead atoms. The number of benzene rings is 2. The quantitative estimate of drug-likeness (QED) is 0.613. The predicted octanol–water partition coefficient (Wildman–Crippen LogP) is 3.47. The molecular formula is C23H24F2N4O2S. The van der Waals surface area contributed by atoms with E-state index in [4.69, 9.17) is 0 Å². The molecule has 2 aromatic carbocycles. The van der Waals surface area contributed by atoms with E-state index in [0.717, 1.165) is 49.3 Å². The number of nitrogens with one attached hydrogen (secondary N) is 1. The van der Waals surface area contributed by atoms with Crippen LogP contribution in [-0.2, 0) is 16.6 Å². The molecule has 1 aliphatic heterocycles. The lowest BCUT2D eigenvalue weighted by molar-refractivity contribution is 0.579. The largest absolute Gasteiger partial charge is 0.368 e. The first-order valence-electron chi connectivity index (χ1n) is 10.3. The van der Waals surface area contributed by atoms with Crippen molar-refractivity contribution in [1.82, 2.24) is 9.71 Å². The van der Waals surface area contributed by atoms with E-state index in [0.29, 0.717) is 5.56 Å². The number of anilines is 2. The van der Waals surface area contributed by atoms with Gasteiger partial charge in [0.2, 0.25) is 10.0 Å². The molecule has 1 N–H and O–H groups in total. The summed E-state index contributed by atoms with van der Waals surface area (Å²) in [5.74, 6) is 0.0526. The molecule has 9 heteroatoms. The van der Waals surface area contributed by atoms with Crippen molar-refractivity contribution in [2.75, 3.05) is 36.0 Å². The van der Waals surface area contributed by atoms with E-state index >= 15 is 0 Å². The number of sulfonamides is 1. The highest BCUT2D eigenvalue weighted by atomic mass is 32.2. The monoisotopic (exact) mass is 458 g/mol. The van der Waals surface area contributed by atoms with Crippen molar-refractivity contribution in [2.24, 2.45) is 0 Å². The van der Waals surface area contributed by atoms with Crippen LogP contribution in [0.1, 0.15) is 11.1 Å². The Balaban J connectivity index is 1.39. The SMILES string of the molecule is Cc1cc(F)ccc1S(=O)(=O)NCc1ccnc(N2CCN(c3ccc(F)cc3)CC2)c1. The standard InChI is InChI=1S/C23H24F2N4O2S/c1-17-14-20(25)4-7-22(17)32(30,31)27-16-18-8-9-26-23(15-18)29-12-10-28(11-13-29)21-5-2-19(24)3-6-21/h2-9,14-15,27H,10-13,16H2,1H3. The van der Waals surface area contributed by atoms with E-state index in [9.17, 15) is 17.2 Å². The summed E-state index contributed by atoms with van der Waals surface area (Å²) in [4.78, 5) is 8.83. The molecule has 1 saturated heterocycles. The third kappa shape index (κ3) is 5.05. The Morgan fingerprint density at radius 1 is 0.906 bits per heavy atom. The molecule has 4 rings (SSSR count). The second kappa shape index (κ2) is 9.22. The highest BCUT2D eigenvalue weighted by molar-refractivity contribution is 7.89. The lowest BCUT2D eigenvalue weighted by Crippen LogP contribution is -2.46. The summed E-state index contributed by atoms with van der Waals surface area (Å²) in [7, 11) is -3.77. The van der Waals surface area contributed by atoms with E-state index in [1.807, 2.05) is 6.07 Å². The van der Waals surface area contributed by atoms with Crippen LogP contribution in [0.4, 0.5) is 20.3 Å². The molecule has 3 aromatic rings. The molecule has 0 spiro atoms. The summed E-state index contributed by atoms with van der Waals surface area (Å²) in [6.45, 7) is 4.70. The van der Waals surface area contributed by atoms with Gasteiger partial charge in [0, 0.05) is 44.6 Å². The second-order valence-electron chi connectivity index (χ2n) is 7.71. The van der Waals surface area contributed by atoms with Crippen LogP contribution in [0.2, 0.25) is 0 Å². The number of halogens is 2. The van der Waals surface area contributed by atoms with Gasteiger partial charge < -0.3 is 9.80 Å². The first-order valence-corrected chi connectivity index (χ1v) is 11.8. The molecule has 0 amide bonds. The third-order valence-electron chi connectivity index (χ3n) is 5.50. The van der Waals surface area contributed by atoms with Gasteiger partial charge in [0.15, 0.2) is 0 Å². The molecule has 0 unspecified atom stereocenters. The molecule has 0 atom stereocenters. The Labute approximate surface area is 186 Å². The van der Waals surface area contributed by atoms with Crippen molar-refractivity contribution in [3.63, 3.8) is 0 Å². The maximum absolute atomic E-state index is 13.3. The maximum atomic E-state index is 13.3. The number of aromatic nitrogens is 1. The fourth-order valence-electron chi connectivity index (χ4n) is 3.76. The van der Waals surface area contributed by atoms with Crippen molar-refractivity contribution >= 4 is 21.5 Å². The summed E-state index contributed by atoms with van der Waals surface area (Å²) in [5, 5.41) is 0. The number of piperazine rings is 1. The fourth-order valence-corrected chi connectivity index (χ4v) is 5.00. The van der Waals surface area contributed by atoms with Crippen LogP contribution in [0.15, 0.2) is 65.7 Å². The van der Waals surface area contributed by atoms with Gasteiger partial charge in [-0.05, 0) is 72.6 Å². The molecule has 0 radical (unpaired) electrons. The molecule has 168 valence electrons. The summed E-state index contributed by atoms with van der Waals surface area (Å²) >= 11 is 0. The fraction of sp³-hybridized carbons (Fsp3) is 0.261. The van der Waals surface area contributed by atoms with Gasteiger partial charge in [0.1, 0.15) is 17.5 Å². The molecule has 1 fully saturated rings. The predicted molar refractivity (Wildman–Crippen MR) is 120 cm³/mol. The van der Waals surface area contributed by atoms with Crippen LogP contribution in [0.3, 0.4) is 0 Å². The van der Waals surface area contributed by atoms with Gasteiger partial charge in [-0.3, -0.25) is 0 Å². The number of hydrogen-bond donors (Lipinski definition) is 1. The number of rotatable bonds is 6. The van der Waals surface area contributed by atoms with E-state index < -0.39 is 15.8 Å². The topological polar surface area (TPSA) is 65.5 Å². The lowest BCUT2D eigenvalue weighted by atomic mass is 10.2. The highest BCUT2D eigenvalue weighted by Gasteiger charge is 2.20. The van der Waals surface area contributed by atoms with Crippen molar-refractivity contribution in [3.05, 3.63) is 83.6 Å². The Morgan fingerprint density at radius 3 is 2.25 bits per heavy atom. The number of hydrogen-bond acceptors (Lipinski definition) is 5. The van der Waals surface area contributed by atoms with Gasteiger partial charge >= 0.3 is 0 Å². The van der Waals surface area contributed by atoms with E-state index in [1.165, 1.54) is 24.3 Å². The van der Waals surface area contributed by atoms with Crippen LogP contribution >= 0.6 is 0 Å². The number of aryl methyl sites for hydroxylation is 1. The first kappa shape index (κ1) is 22.2. The summed E-state index contributed by atoms with van der Waals surface area (Å²) in [5.41, 5.74) is 2.12. The highest BCUT2D eigenvalue weighted by Crippen LogP contribution is 2.21. The zero-order valence-corrected chi connectivity index (χ0v) is 18.4. The van der Waals surface area contributed by atoms with Gasteiger partial charge in [-0.15, -0.1) is 0 Å². The zero-order chi connectivity index (χ0) is 22.7. The minimum Gasteiger partial charge on any atom is -0.368 e. The van der Waals surface area contributed by atoms with Crippen LogP contribution in [0.25, 0.3) is 0 Å². The Bertz CT molecular complexity index is 1190. The Hall–Kier alpha value is -3.04. The molecule has 2 heterocycles. The van der Waals surface area contributed by atoms with Crippen LogP contribution in [0, 0.1) is 18.6 Å². The maximum Gasteiger partial charge on any atom is 0.241 e. The minimum absolute atomic E-state index is 0.0603. The Kier molecular flexibility index (Phi) is 6.38. The van der Waals surface area contributed by atoms with Crippen molar-refractivity contribution in [3.8, 4) is 0 Å². The third-order valence-corrected chi connectivity index (χ3v) is 7.06. The summed E-state index contributed by atoms with van der Waals surface area (Å²) < 4.78 is 54.3. The van der Waals surface area contributed by atoms with Crippen LogP contribution < -0.4 is 14.5 Å². The van der Waals surface area contributed by atoms with Gasteiger partial charge in [0.05, 0.1) is 4.90 Å². The van der Waals surface area contributed by atoms with E-state index in [-0.39, 0.29) is 17.3 Å². The lowest BCUT2D eigenvalue weighted by Gasteiger charge is -2.36. The molecule has 0 saturated carbocycles. The normalized spacial score (nSPS) is 14.6. The molecule has 0 aliphatic carbocycles. The average Bonchev–Trinajstić information content (AvgIpc) is 2.78. The van der Waals surface area contributed by atoms with Crippen molar-refractivity contribution < 1.29 is 17.2 Å². The first-order chi connectivity index (χ1) is 15.3. The van der Waals surface area contributed by atoms with Crippen LogP contribution in [-0.4, -0.2) is 39.6 Å². The van der Waals surface area contributed by atoms with Gasteiger partial charge in [-0.2, -0.15) is 0 Å². The van der Waals surface area contributed by atoms with Crippen LogP contribution in [0.5, 0.6) is 0 Å². The second-order valence-corrected chi connectivity index (χ2v) is 9.44. The summed E-state index contributed by atoms with van der Waals surface area (Å²) in [6.07, 6.45) is 1.66. The molecular weight excluding hydrogens is 434 g/mol. The van der Waals surface area contributed by atoms with Gasteiger partial charge in [0.25, 0.3) is 0 Å². The number of nitrogens with zero attached hydrogens (tertiary/aromatic N) is 3. The molecule has 1 aliphatic rings. The molecule has 32 heavy (non-hydrogen) atoms. The van der Waals surface area contributed by atoms with E-state index in [2.05, 4.69) is 19.5 Å². The van der Waals surface area contributed by atoms with Crippen molar-refractivity contribution in [1.29, 1.82) is 0 Å². The molecule has 1 aromatic heterocycles. The summed E-state index contributed by atoms with van der Waals surface area (Å²) in [6, 6.07) is 13.7. The minimum atomic E-state index is -3.77. The zero-order valence-electron chi connectivity index (χ0n) is 17.6. The smallest absolute Gasteiger partial charge is 0.241 e. The average molecular weight is 459 g/mol. The van der Waals surface area contributed by atoms with Gasteiger partial charge in [-0.25, -0.2) is 26.9 Å². The van der Waals surface area contributed by atoms with E-state index in [1.54, 1.807) is 31.3 Å².